The van der Waals surface area contributed by atoms with Crippen LogP contribution in [0.15, 0.2) is 24.3 Å². The Bertz CT molecular complexity index is 441. The summed E-state index contributed by atoms with van der Waals surface area (Å²) in [6, 6.07) is 9.41. The second-order valence-corrected chi connectivity index (χ2v) is 6.74. The molecule has 2 nitrogen and oxygen atoms in total. The summed E-state index contributed by atoms with van der Waals surface area (Å²) in [7, 11) is 0. The highest BCUT2D eigenvalue weighted by molar-refractivity contribution is 5.37. The second-order valence-electron chi connectivity index (χ2n) is 6.74. The Hall–Kier alpha value is -1.02. The highest BCUT2D eigenvalue weighted by Gasteiger charge is 2.26. The average Bonchev–Trinajstić information content (AvgIpc) is 3.29. The van der Waals surface area contributed by atoms with Gasteiger partial charge in [-0.1, -0.05) is 32.0 Å². The summed E-state index contributed by atoms with van der Waals surface area (Å²) >= 11 is 0. The molecule has 1 aromatic rings. The maximum Gasteiger partial charge on any atom is 0.122 e. The molecule has 0 radical (unpaired) electrons. The Morgan fingerprint density at radius 3 is 2.75 bits per heavy atom. The first kappa shape index (κ1) is 13.9. The van der Waals surface area contributed by atoms with Crippen molar-refractivity contribution >= 4 is 0 Å². The fraction of sp³-hybridized carbons (Fsp3) is 0.667. The number of fused-ring (bicyclic) bond motifs is 1. The van der Waals surface area contributed by atoms with E-state index in [9.17, 15) is 0 Å². The highest BCUT2D eigenvalue weighted by Crippen LogP contribution is 2.38. The first-order valence-electron chi connectivity index (χ1n) is 8.19. The minimum Gasteiger partial charge on any atom is -0.493 e. The minimum atomic E-state index is 0.679. The van der Waals surface area contributed by atoms with Gasteiger partial charge >= 0.3 is 0 Å². The first-order chi connectivity index (χ1) is 9.74. The van der Waals surface area contributed by atoms with Crippen LogP contribution in [0.2, 0.25) is 0 Å². The molecule has 3 atom stereocenters. The molecule has 0 aromatic heterocycles. The van der Waals surface area contributed by atoms with Gasteiger partial charge in [-0.25, -0.2) is 0 Å². The van der Waals surface area contributed by atoms with E-state index in [-0.39, 0.29) is 0 Å². The normalized spacial score (nSPS) is 24.6. The van der Waals surface area contributed by atoms with Gasteiger partial charge in [-0.05, 0) is 61.6 Å². The molecule has 110 valence electrons. The van der Waals surface area contributed by atoms with E-state index in [4.69, 9.17) is 4.74 Å². The van der Waals surface area contributed by atoms with E-state index >= 15 is 0 Å². The Morgan fingerprint density at radius 1 is 1.15 bits per heavy atom. The SMILES string of the molecule is CC(CNC1CC1)C(C)CC1CCOc2ccccc21. The minimum absolute atomic E-state index is 0.679. The van der Waals surface area contributed by atoms with Crippen LogP contribution in [0.4, 0.5) is 0 Å². The molecule has 0 saturated heterocycles. The van der Waals surface area contributed by atoms with E-state index in [2.05, 4.69) is 43.4 Å². The third kappa shape index (κ3) is 3.35. The Labute approximate surface area is 122 Å². The van der Waals surface area contributed by atoms with E-state index < -0.39 is 0 Å². The molecule has 1 heterocycles. The van der Waals surface area contributed by atoms with Crippen molar-refractivity contribution in [3.8, 4) is 5.75 Å². The number of rotatable bonds is 6. The van der Waals surface area contributed by atoms with Gasteiger partial charge in [0.25, 0.3) is 0 Å². The van der Waals surface area contributed by atoms with Gasteiger partial charge in [-0.2, -0.15) is 0 Å². The van der Waals surface area contributed by atoms with Crippen molar-refractivity contribution in [2.45, 2.75) is 51.5 Å². The molecule has 3 rings (SSSR count). The molecule has 0 amide bonds. The van der Waals surface area contributed by atoms with Crippen molar-refractivity contribution in [3.05, 3.63) is 29.8 Å². The Morgan fingerprint density at radius 2 is 1.95 bits per heavy atom. The summed E-state index contributed by atoms with van der Waals surface area (Å²) < 4.78 is 5.77. The van der Waals surface area contributed by atoms with Crippen molar-refractivity contribution in [2.24, 2.45) is 11.8 Å². The number of benzene rings is 1. The van der Waals surface area contributed by atoms with Crippen LogP contribution in [0, 0.1) is 11.8 Å². The summed E-state index contributed by atoms with van der Waals surface area (Å²) in [5.74, 6) is 3.31. The smallest absolute Gasteiger partial charge is 0.122 e. The molecule has 2 aliphatic rings. The van der Waals surface area contributed by atoms with Gasteiger partial charge in [-0.15, -0.1) is 0 Å². The lowest BCUT2D eigenvalue weighted by molar-refractivity contribution is 0.239. The summed E-state index contributed by atoms with van der Waals surface area (Å²) in [5.41, 5.74) is 1.42. The van der Waals surface area contributed by atoms with Gasteiger partial charge in [0.05, 0.1) is 6.61 Å². The lowest BCUT2D eigenvalue weighted by Crippen LogP contribution is -2.28. The number of para-hydroxylation sites is 1. The van der Waals surface area contributed by atoms with E-state index in [1.807, 2.05) is 0 Å². The molecular formula is C18H27NO. The summed E-state index contributed by atoms with van der Waals surface area (Å²) in [6.07, 6.45) is 5.22. The zero-order chi connectivity index (χ0) is 13.9. The zero-order valence-electron chi connectivity index (χ0n) is 12.8. The van der Waals surface area contributed by atoms with E-state index in [0.717, 1.165) is 30.2 Å². The van der Waals surface area contributed by atoms with Crippen LogP contribution in [-0.4, -0.2) is 19.2 Å². The van der Waals surface area contributed by atoms with Crippen LogP contribution in [-0.2, 0) is 0 Å². The van der Waals surface area contributed by atoms with Crippen LogP contribution in [0.3, 0.4) is 0 Å². The van der Waals surface area contributed by atoms with E-state index in [0.29, 0.717) is 5.92 Å². The predicted molar refractivity (Wildman–Crippen MR) is 83.3 cm³/mol. The van der Waals surface area contributed by atoms with E-state index in [1.54, 1.807) is 0 Å². The molecule has 1 fully saturated rings. The molecule has 1 aromatic carbocycles. The van der Waals surface area contributed by atoms with Crippen LogP contribution in [0.5, 0.6) is 5.75 Å². The van der Waals surface area contributed by atoms with Crippen LogP contribution < -0.4 is 10.1 Å². The number of hydrogen-bond donors (Lipinski definition) is 1. The average molecular weight is 273 g/mol. The van der Waals surface area contributed by atoms with Crippen molar-refractivity contribution in [2.75, 3.05) is 13.2 Å². The van der Waals surface area contributed by atoms with Crippen molar-refractivity contribution < 1.29 is 4.74 Å². The topological polar surface area (TPSA) is 21.3 Å². The van der Waals surface area contributed by atoms with Crippen molar-refractivity contribution in [1.29, 1.82) is 0 Å². The summed E-state index contributed by atoms with van der Waals surface area (Å²) in [4.78, 5) is 0. The lowest BCUT2D eigenvalue weighted by atomic mass is 9.81. The van der Waals surface area contributed by atoms with Gasteiger partial charge in [0, 0.05) is 6.04 Å². The molecule has 1 aliphatic heterocycles. The van der Waals surface area contributed by atoms with Crippen LogP contribution in [0.25, 0.3) is 0 Å². The van der Waals surface area contributed by atoms with E-state index in [1.165, 1.54) is 37.8 Å². The van der Waals surface area contributed by atoms with Crippen LogP contribution >= 0.6 is 0 Å². The molecule has 0 bridgehead atoms. The maximum absolute atomic E-state index is 5.77. The zero-order valence-corrected chi connectivity index (χ0v) is 12.8. The quantitative estimate of drug-likeness (QED) is 0.847. The highest BCUT2D eigenvalue weighted by atomic mass is 16.5. The molecule has 2 heteroatoms. The van der Waals surface area contributed by atoms with Gasteiger partial charge < -0.3 is 10.1 Å². The number of ether oxygens (including phenoxy) is 1. The fourth-order valence-electron chi connectivity index (χ4n) is 3.18. The molecular weight excluding hydrogens is 246 g/mol. The van der Waals surface area contributed by atoms with Crippen LogP contribution in [0.1, 0.15) is 51.0 Å². The molecule has 20 heavy (non-hydrogen) atoms. The summed E-state index contributed by atoms with van der Waals surface area (Å²) in [5, 5.41) is 3.67. The standard InChI is InChI=1S/C18H27NO/c1-13(14(2)12-19-16-7-8-16)11-15-9-10-20-18-6-4-3-5-17(15)18/h3-6,13-16,19H,7-12H2,1-2H3. The summed E-state index contributed by atoms with van der Waals surface area (Å²) in [6.45, 7) is 6.86. The monoisotopic (exact) mass is 273 g/mol. The van der Waals surface area contributed by atoms with Gasteiger partial charge in [0.15, 0.2) is 0 Å². The number of nitrogens with one attached hydrogen (secondary N) is 1. The largest absolute Gasteiger partial charge is 0.493 e. The molecule has 1 N–H and O–H groups in total. The van der Waals surface area contributed by atoms with Crippen molar-refractivity contribution in [1.82, 2.24) is 5.32 Å². The molecule has 3 unspecified atom stereocenters. The molecule has 1 saturated carbocycles. The van der Waals surface area contributed by atoms with Crippen molar-refractivity contribution in [3.63, 3.8) is 0 Å². The van der Waals surface area contributed by atoms with Gasteiger partial charge in [0.2, 0.25) is 0 Å². The Kier molecular flexibility index (Phi) is 4.30. The second kappa shape index (κ2) is 6.17. The Balaban J connectivity index is 1.56. The predicted octanol–water partition coefficient (Wildman–Crippen LogP) is 3.97. The number of hydrogen-bond acceptors (Lipinski definition) is 2. The van der Waals surface area contributed by atoms with Gasteiger partial charge in [-0.3, -0.25) is 0 Å². The third-order valence-corrected chi connectivity index (χ3v) is 5.02. The molecule has 1 aliphatic carbocycles. The third-order valence-electron chi connectivity index (χ3n) is 5.02. The van der Waals surface area contributed by atoms with Gasteiger partial charge in [0.1, 0.15) is 5.75 Å². The first-order valence-corrected chi connectivity index (χ1v) is 8.19. The fourth-order valence-corrected chi connectivity index (χ4v) is 3.18. The molecule has 0 spiro atoms. The lowest BCUT2D eigenvalue weighted by Gasteiger charge is -2.30. The maximum atomic E-state index is 5.77.